The monoisotopic (exact) mass is 187 g/mol. The number of aryl methyl sites for hydroxylation is 1. The van der Waals surface area contributed by atoms with Gasteiger partial charge in [-0.25, -0.2) is 0 Å². The van der Waals surface area contributed by atoms with E-state index < -0.39 is 7.12 Å². The maximum Gasteiger partial charge on any atom is 0.490 e. The van der Waals surface area contributed by atoms with Gasteiger partial charge in [-0.2, -0.15) is 0 Å². The molecule has 3 nitrogen and oxygen atoms in total. The molecule has 0 amide bonds. The summed E-state index contributed by atoms with van der Waals surface area (Å²) in [6, 6.07) is 9.17. The van der Waals surface area contributed by atoms with Crippen molar-refractivity contribution < 1.29 is 10.0 Å². The third-order valence-electron chi connectivity index (χ3n) is 2.17. The fraction of sp³-hybridized carbons (Fsp3) is 0.100. The second-order valence-electron chi connectivity index (χ2n) is 3.25. The van der Waals surface area contributed by atoms with Crippen molar-refractivity contribution in [2.24, 2.45) is 0 Å². The van der Waals surface area contributed by atoms with E-state index >= 15 is 0 Å². The molecule has 4 heteroatoms. The zero-order valence-electron chi connectivity index (χ0n) is 7.81. The normalized spacial score (nSPS) is 10.5. The van der Waals surface area contributed by atoms with Crippen molar-refractivity contribution in [2.75, 3.05) is 0 Å². The highest BCUT2D eigenvalue weighted by Gasteiger charge is 2.14. The maximum absolute atomic E-state index is 9.13. The van der Waals surface area contributed by atoms with E-state index in [4.69, 9.17) is 10.0 Å². The molecule has 0 saturated heterocycles. The largest absolute Gasteiger partial charge is 0.490 e. The summed E-state index contributed by atoms with van der Waals surface area (Å²) in [6.07, 6.45) is 0. The first-order chi connectivity index (χ1) is 6.68. The van der Waals surface area contributed by atoms with Gasteiger partial charge >= 0.3 is 7.12 Å². The molecule has 0 spiro atoms. The maximum atomic E-state index is 9.13. The Morgan fingerprint density at radius 1 is 1.14 bits per heavy atom. The highest BCUT2D eigenvalue weighted by Crippen LogP contribution is 2.09. The lowest BCUT2D eigenvalue weighted by atomic mass is 9.79. The Kier molecular flexibility index (Phi) is 2.23. The van der Waals surface area contributed by atoms with Crippen LogP contribution in [0.3, 0.4) is 0 Å². The molecule has 0 unspecified atom stereocenters. The molecule has 0 atom stereocenters. The summed E-state index contributed by atoms with van der Waals surface area (Å²) in [7, 11) is -1.46. The number of fused-ring (bicyclic) bond motifs is 1. The topological polar surface area (TPSA) is 53.4 Å². The summed E-state index contributed by atoms with van der Waals surface area (Å²) in [5, 5.41) is 19.2. The van der Waals surface area contributed by atoms with Crippen LogP contribution >= 0.6 is 0 Å². The van der Waals surface area contributed by atoms with Crippen LogP contribution in [0.4, 0.5) is 0 Å². The molecule has 0 aliphatic rings. The van der Waals surface area contributed by atoms with E-state index in [1.807, 2.05) is 25.1 Å². The fourth-order valence-corrected chi connectivity index (χ4v) is 1.48. The quantitative estimate of drug-likeness (QED) is 0.628. The highest BCUT2D eigenvalue weighted by molar-refractivity contribution is 6.61. The lowest BCUT2D eigenvalue weighted by Gasteiger charge is -2.04. The molecule has 0 fully saturated rings. The SMILES string of the molecule is Cc1ccc2cccc(B(O)O)c2n1. The van der Waals surface area contributed by atoms with E-state index in [-0.39, 0.29) is 0 Å². The molecule has 0 aliphatic heterocycles. The smallest absolute Gasteiger partial charge is 0.423 e. The van der Waals surface area contributed by atoms with E-state index in [0.717, 1.165) is 11.1 Å². The van der Waals surface area contributed by atoms with Gasteiger partial charge in [-0.3, -0.25) is 4.98 Å². The number of para-hydroxylation sites is 1. The Bertz CT molecular complexity index is 471. The van der Waals surface area contributed by atoms with Gasteiger partial charge in [0.15, 0.2) is 0 Å². The van der Waals surface area contributed by atoms with Gasteiger partial charge in [0.1, 0.15) is 0 Å². The third kappa shape index (κ3) is 1.50. The van der Waals surface area contributed by atoms with Crippen LogP contribution in [0.2, 0.25) is 0 Å². The lowest BCUT2D eigenvalue weighted by Crippen LogP contribution is -2.30. The van der Waals surface area contributed by atoms with Crippen LogP contribution in [0.1, 0.15) is 5.69 Å². The van der Waals surface area contributed by atoms with Crippen molar-refractivity contribution in [3.8, 4) is 0 Å². The minimum Gasteiger partial charge on any atom is -0.423 e. The average Bonchev–Trinajstić information content (AvgIpc) is 2.16. The van der Waals surface area contributed by atoms with Crippen LogP contribution in [-0.2, 0) is 0 Å². The minimum absolute atomic E-state index is 0.450. The second-order valence-corrected chi connectivity index (χ2v) is 3.25. The highest BCUT2D eigenvalue weighted by atomic mass is 16.4. The zero-order chi connectivity index (χ0) is 10.1. The predicted octanol–water partition coefficient (Wildman–Crippen LogP) is 0.223. The number of rotatable bonds is 1. The van der Waals surface area contributed by atoms with Gasteiger partial charge in [0.05, 0.1) is 5.52 Å². The lowest BCUT2D eigenvalue weighted by molar-refractivity contribution is 0.426. The molecule has 2 rings (SSSR count). The zero-order valence-corrected chi connectivity index (χ0v) is 7.81. The molecule has 70 valence electrons. The molecule has 0 radical (unpaired) electrons. The summed E-state index contributed by atoms with van der Waals surface area (Å²) >= 11 is 0. The molecular formula is C10H10BNO2. The Morgan fingerprint density at radius 3 is 2.64 bits per heavy atom. The van der Waals surface area contributed by atoms with Crippen molar-refractivity contribution in [1.29, 1.82) is 0 Å². The van der Waals surface area contributed by atoms with Crippen molar-refractivity contribution in [2.45, 2.75) is 6.92 Å². The predicted molar refractivity (Wildman–Crippen MR) is 56.3 cm³/mol. The molecule has 14 heavy (non-hydrogen) atoms. The van der Waals surface area contributed by atoms with Crippen LogP contribution in [0.15, 0.2) is 30.3 Å². The molecule has 1 aromatic carbocycles. The van der Waals surface area contributed by atoms with Crippen LogP contribution < -0.4 is 5.46 Å². The van der Waals surface area contributed by atoms with E-state index in [2.05, 4.69) is 4.98 Å². The molecular weight excluding hydrogens is 177 g/mol. The molecule has 1 heterocycles. The number of aromatic nitrogens is 1. The molecule has 2 aromatic rings. The van der Waals surface area contributed by atoms with E-state index in [9.17, 15) is 0 Å². The summed E-state index contributed by atoms with van der Waals surface area (Å²) < 4.78 is 0. The standard InChI is InChI=1S/C10H10BNO2/c1-7-5-6-8-3-2-4-9(11(13)14)10(8)12-7/h2-6,13-14H,1H3. The van der Waals surface area contributed by atoms with Gasteiger partial charge in [0.25, 0.3) is 0 Å². The molecule has 0 aliphatic carbocycles. The molecule has 0 bridgehead atoms. The van der Waals surface area contributed by atoms with Gasteiger partial charge in [-0.15, -0.1) is 0 Å². The first-order valence-corrected chi connectivity index (χ1v) is 4.41. The van der Waals surface area contributed by atoms with Crippen molar-refractivity contribution in [3.05, 3.63) is 36.0 Å². The van der Waals surface area contributed by atoms with Gasteiger partial charge < -0.3 is 10.0 Å². The van der Waals surface area contributed by atoms with E-state index in [1.54, 1.807) is 12.1 Å². The number of nitrogens with zero attached hydrogens (tertiary/aromatic N) is 1. The fourth-order valence-electron chi connectivity index (χ4n) is 1.48. The average molecular weight is 187 g/mol. The number of hydrogen-bond acceptors (Lipinski definition) is 3. The Balaban J connectivity index is 2.77. The number of hydrogen-bond donors (Lipinski definition) is 2. The van der Waals surface area contributed by atoms with Crippen LogP contribution in [-0.4, -0.2) is 22.2 Å². The van der Waals surface area contributed by atoms with E-state index in [1.165, 1.54) is 0 Å². The van der Waals surface area contributed by atoms with Crippen molar-refractivity contribution in [1.82, 2.24) is 4.98 Å². The third-order valence-corrected chi connectivity index (χ3v) is 2.17. The number of pyridine rings is 1. The summed E-state index contributed by atoms with van der Waals surface area (Å²) in [4.78, 5) is 4.28. The van der Waals surface area contributed by atoms with Gasteiger partial charge in [-0.05, 0) is 18.4 Å². The minimum atomic E-state index is -1.46. The van der Waals surface area contributed by atoms with Crippen molar-refractivity contribution in [3.63, 3.8) is 0 Å². The summed E-state index contributed by atoms with van der Waals surface area (Å²) in [5.41, 5.74) is 1.97. The van der Waals surface area contributed by atoms with Gasteiger partial charge in [-0.1, -0.05) is 24.3 Å². The van der Waals surface area contributed by atoms with Crippen LogP contribution in [0.25, 0.3) is 10.9 Å². The Labute approximate surface area is 82.2 Å². The van der Waals surface area contributed by atoms with Crippen molar-refractivity contribution >= 4 is 23.5 Å². The molecule has 2 N–H and O–H groups in total. The summed E-state index contributed by atoms with van der Waals surface area (Å²) in [5.74, 6) is 0. The summed E-state index contributed by atoms with van der Waals surface area (Å²) in [6.45, 7) is 1.87. The molecule has 0 saturated carbocycles. The van der Waals surface area contributed by atoms with Gasteiger partial charge in [0, 0.05) is 11.2 Å². The van der Waals surface area contributed by atoms with Gasteiger partial charge in [0.2, 0.25) is 0 Å². The Morgan fingerprint density at radius 2 is 1.93 bits per heavy atom. The Hall–Kier alpha value is -1.39. The van der Waals surface area contributed by atoms with Crippen LogP contribution in [0, 0.1) is 6.92 Å². The first-order valence-electron chi connectivity index (χ1n) is 4.41. The van der Waals surface area contributed by atoms with E-state index in [0.29, 0.717) is 11.0 Å². The first kappa shape index (κ1) is 9.18. The second kappa shape index (κ2) is 3.40. The molecule has 1 aromatic heterocycles. The number of benzene rings is 1. The van der Waals surface area contributed by atoms with Crippen LogP contribution in [0.5, 0.6) is 0 Å².